The number of anilines is 2. The summed E-state index contributed by atoms with van der Waals surface area (Å²) in [5.41, 5.74) is 4.34. The molecule has 2 aromatic carbocycles. The molecule has 5 nitrogen and oxygen atoms in total. The second-order valence-electron chi connectivity index (χ2n) is 6.88. The van der Waals surface area contributed by atoms with Crippen LogP contribution in [0.4, 0.5) is 11.4 Å². The number of hydrogen-bond acceptors (Lipinski definition) is 3. The van der Waals surface area contributed by atoms with Crippen LogP contribution in [0, 0.1) is 0 Å². The Hall–Kier alpha value is -2.60. The highest BCUT2D eigenvalue weighted by Gasteiger charge is 2.17. The lowest BCUT2D eigenvalue weighted by atomic mass is 10.2. The maximum absolute atomic E-state index is 11.9. The molecular weight excluding hydrogens is 356 g/mol. The van der Waals surface area contributed by atoms with Gasteiger partial charge in [-0.2, -0.15) is 0 Å². The van der Waals surface area contributed by atoms with Gasteiger partial charge in [-0.1, -0.05) is 18.2 Å². The van der Waals surface area contributed by atoms with Gasteiger partial charge in [0.05, 0.1) is 0 Å². The third-order valence-electron chi connectivity index (χ3n) is 4.67. The smallest absolute Gasteiger partial charge is 0.253 e. The van der Waals surface area contributed by atoms with Gasteiger partial charge >= 0.3 is 0 Å². The number of amides is 1. The van der Waals surface area contributed by atoms with Crippen LogP contribution in [0.25, 0.3) is 0 Å². The number of rotatable bonds is 6. The summed E-state index contributed by atoms with van der Waals surface area (Å²) in [4.78, 5) is 15.9. The summed E-state index contributed by atoms with van der Waals surface area (Å²) >= 11 is 5.36. The molecule has 0 aromatic heterocycles. The molecule has 0 atom stereocenters. The Morgan fingerprint density at radius 2 is 1.89 bits per heavy atom. The van der Waals surface area contributed by atoms with E-state index in [1.807, 2.05) is 12.1 Å². The molecule has 1 heterocycles. The van der Waals surface area contributed by atoms with Crippen LogP contribution in [-0.4, -0.2) is 49.6 Å². The first-order chi connectivity index (χ1) is 13.0. The lowest BCUT2D eigenvalue weighted by Crippen LogP contribution is -2.32. The van der Waals surface area contributed by atoms with Gasteiger partial charge in [-0.15, -0.1) is 0 Å². The third kappa shape index (κ3) is 4.98. The van der Waals surface area contributed by atoms with Crippen molar-refractivity contribution in [3.05, 3.63) is 59.7 Å². The Labute approximate surface area is 166 Å². The van der Waals surface area contributed by atoms with Crippen molar-refractivity contribution in [3.8, 4) is 0 Å². The van der Waals surface area contributed by atoms with Gasteiger partial charge in [-0.25, -0.2) is 0 Å². The van der Waals surface area contributed by atoms with Gasteiger partial charge in [0.1, 0.15) is 0 Å². The summed E-state index contributed by atoms with van der Waals surface area (Å²) in [7, 11) is 3.49. The summed E-state index contributed by atoms with van der Waals surface area (Å²) in [6.45, 7) is 2.94. The first-order valence-electron chi connectivity index (χ1n) is 9.24. The van der Waals surface area contributed by atoms with Gasteiger partial charge in [0, 0.05) is 50.7 Å². The van der Waals surface area contributed by atoms with Crippen molar-refractivity contribution < 1.29 is 4.79 Å². The quantitative estimate of drug-likeness (QED) is 0.594. The molecule has 27 heavy (non-hydrogen) atoms. The minimum absolute atomic E-state index is 0.00858. The first kappa shape index (κ1) is 19.2. The van der Waals surface area contributed by atoms with E-state index in [2.05, 4.69) is 39.8 Å². The number of thiocarbonyl (C=S) groups is 1. The Morgan fingerprint density at radius 1 is 1.15 bits per heavy atom. The molecule has 0 radical (unpaired) electrons. The summed E-state index contributed by atoms with van der Waals surface area (Å²) in [6, 6.07) is 16.0. The Bertz CT molecular complexity index is 804. The van der Waals surface area contributed by atoms with Crippen LogP contribution in [0.15, 0.2) is 48.5 Å². The van der Waals surface area contributed by atoms with E-state index in [9.17, 15) is 4.79 Å². The number of carbonyl (C=O) groups excluding carboxylic acids is 1. The fourth-order valence-corrected chi connectivity index (χ4v) is 3.46. The van der Waals surface area contributed by atoms with Gasteiger partial charge in [0.2, 0.25) is 0 Å². The Morgan fingerprint density at radius 3 is 2.63 bits per heavy atom. The number of carbonyl (C=O) groups is 1. The molecule has 0 bridgehead atoms. The number of nitrogens with one attached hydrogen (secondary N) is 2. The zero-order valence-electron chi connectivity index (χ0n) is 15.9. The topological polar surface area (TPSA) is 47.6 Å². The number of fused-ring (bicyclic) bond motifs is 1. The van der Waals surface area contributed by atoms with Gasteiger partial charge in [0.25, 0.3) is 5.91 Å². The third-order valence-corrected chi connectivity index (χ3v) is 4.92. The SMILES string of the molecule is CN(C)C(=O)c1ccc(NC(=S)NCCCN2CCc3ccccc32)cc1. The van der Waals surface area contributed by atoms with E-state index in [4.69, 9.17) is 12.2 Å². The van der Waals surface area contributed by atoms with E-state index >= 15 is 0 Å². The zero-order chi connectivity index (χ0) is 19.2. The molecule has 1 amide bonds. The molecule has 2 aromatic rings. The molecule has 142 valence electrons. The zero-order valence-corrected chi connectivity index (χ0v) is 16.7. The average molecular weight is 383 g/mol. The molecule has 0 saturated heterocycles. The summed E-state index contributed by atoms with van der Waals surface area (Å²) in [5.74, 6) is -0.00858. The number of nitrogens with zero attached hydrogens (tertiary/aromatic N) is 2. The molecule has 0 unspecified atom stereocenters. The van der Waals surface area contributed by atoms with E-state index in [0.717, 1.165) is 38.2 Å². The van der Waals surface area contributed by atoms with E-state index in [0.29, 0.717) is 10.7 Å². The molecule has 2 N–H and O–H groups in total. The molecular formula is C21H26N4OS. The maximum Gasteiger partial charge on any atom is 0.253 e. The van der Waals surface area contributed by atoms with Crippen molar-refractivity contribution in [2.75, 3.05) is 43.9 Å². The second kappa shape index (κ2) is 8.86. The average Bonchev–Trinajstić information content (AvgIpc) is 3.08. The van der Waals surface area contributed by atoms with E-state index < -0.39 is 0 Å². The fourth-order valence-electron chi connectivity index (χ4n) is 3.24. The standard InChI is InChI=1S/C21H26N4OS/c1-24(2)20(26)17-8-10-18(11-9-17)23-21(27)22-13-5-14-25-15-12-16-6-3-4-7-19(16)25/h3-4,6-11H,5,12-15H2,1-2H3,(H2,22,23,27). The minimum atomic E-state index is -0.00858. The normalized spacial score (nSPS) is 12.4. The van der Waals surface area contributed by atoms with Crippen molar-refractivity contribution in [2.45, 2.75) is 12.8 Å². The van der Waals surface area contributed by atoms with Crippen molar-refractivity contribution in [1.82, 2.24) is 10.2 Å². The molecule has 0 aliphatic carbocycles. The molecule has 3 rings (SSSR count). The molecule has 0 saturated carbocycles. The van der Waals surface area contributed by atoms with E-state index in [1.165, 1.54) is 11.3 Å². The molecule has 0 fully saturated rings. The highest BCUT2D eigenvalue weighted by molar-refractivity contribution is 7.80. The van der Waals surface area contributed by atoms with Crippen molar-refractivity contribution in [3.63, 3.8) is 0 Å². The van der Waals surface area contributed by atoms with Crippen LogP contribution in [0.5, 0.6) is 0 Å². The van der Waals surface area contributed by atoms with Crippen molar-refractivity contribution >= 4 is 34.6 Å². The summed E-state index contributed by atoms with van der Waals surface area (Å²) in [5, 5.41) is 7.02. The predicted octanol–water partition coefficient (Wildman–Crippen LogP) is 3.13. The van der Waals surface area contributed by atoms with E-state index in [1.54, 1.807) is 31.1 Å². The summed E-state index contributed by atoms with van der Waals surface area (Å²) < 4.78 is 0. The van der Waals surface area contributed by atoms with Gasteiger partial charge in [-0.05, 0) is 61.0 Å². The lowest BCUT2D eigenvalue weighted by molar-refractivity contribution is 0.0827. The highest BCUT2D eigenvalue weighted by Crippen LogP contribution is 2.27. The minimum Gasteiger partial charge on any atom is -0.371 e. The molecule has 1 aliphatic heterocycles. The van der Waals surface area contributed by atoms with Crippen LogP contribution in [0.3, 0.4) is 0 Å². The highest BCUT2D eigenvalue weighted by atomic mass is 32.1. The number of para-hydroxylation sites is 1. The predicted molar refractivity (Wildman–Crippen MR) is 116 cm³/mol. The monoisotopic (exact) mass is 382 g/mol. The number of benzene rings is 2. The van der Waals surface area contributed by atoms with Crippen LogP contribution in [-0.2, 0) is 6.42 Å². The second-order valence-corrected chi connectivity index (χ2v) is 7.29. The summed E-state index contributed by atoms with van der Waals surface area (Å²) in [6.07, 6.45) is 2.16. The van der Waals surface area contributed by atoms with Crippen LogP contribution in [0.2, 0.25) is 0 Å². The maximum atomic E-state index is 11.9. The molecule has 0 spiro atoms. The van der Waals surface area contributed by atoms with Crippen molar-refractivity contribution in [1.29, 1.82) is 0 Å². The van der Waals surface area contributed by atoms with Crippen LogP contribution >= 0.6 is 12.2 Å². The molecule has 1 aliphatic rings. The van der Waals surface area contributed by atoms with Gasteiger partial charge in [0.15, 0.2) is 5.11 Å². The molecule has 6 heteroatoms. The fraction of sp³-hybridized carbons (Fsp3) is 0.333. The Kier molecular flexibility index (Phi) is 6.29. The van der Waals surface area contributed by atoms with Gasteiger partial charge < -0.3 is 20.4 Å². The largest absolute Gasteiger partial charge is 0.371 e. The lowest BCUT2D eigenvalue weighted by Gasteiger charge is -2.19. The van der Waals surface area contributed by atoms with Crippen LogP contribution in [0.1, 0.15) is 22.3 Å². The van der Waals surface area contributed by atoms with Crippen molar-refractivity contribution in [2.24, 2.45) is 0 Å². The Balaban J connectivity index is 1.39. The van der Waals surface area contributed by atoms with E-state index in [-0.39, 0.29) is 5.91 Å². The number of hydrogen-bond donors (Lipinski definition) is 2. The van der Waals surface area contributed by atoms with Crippen LogP contribution < -0.4 is 15.5 Å². The van der Waals surface area contributed by atoms with Gasteiger partial charge in [-0.3, -0.25) is 4.79 Å². The first-order valence-corrected chi connectivity index (χ1v) is 9.65.